The summed E-state index contributed by atoms with van der Waals surface area (Å²) < 4.78 is 17.2. The fraction of sp³-hybridized carbons (Fsp3) is 0.545. The van der Waals surface area contributed by atoms with E-state index in [2.05, 4.69) is 10.3 Å². The first-order valence-corrected chi connectivity index (χ1v) is 5.14. The van der Waals surface area contributed by atoms with Gasteiger partial charge in [-0.2, -0.15) is 0 Å². The molecule has 0 radical (unpaired) electrons. The summed E-state index contributed by atoms with van der Waals surface area (Å²) >= 11 is 0. The second kappa shape index (κ2) is 6.35. The highest BCUT2D eigenvalue weighted by molar-refractivity contribution is 5.29. The summed E-state index contributed by atoms with van der Waals surface area (Å²) in [5.74, 6) is 0.666. The van der Waals surface area contributed by atoms with Crippen LogP contribution in [0.5, 0.6) is 5.75 Å². The number of aromatic nitrogens is 1. The van der Waals surface area contributed by atoms with Crippen LogP contribution in [0.25, 0.3) is 0 Å². The molecule has 1 N–H and O–H groups in total. The molecule has 1 heterocycles. The molecule has 1 aromatic rings. The molecule has 0 fully saturated rings. The van der Waals surface area contributed by atoms with E-state index in [9.17, 15) is 4.39 Å². The predicted octanol–water partition coefficient (Wildman–Crippen LogP) is 1.85. The minimum Gasteiger partial charge on any atom is -0.489 e. The Hall–Kier alpha value is -1.16. The number of halogens is 1. The lowest BCUT2D eigenvalue weighted by Crippen LogP contribution is -2.15. The summed E-state index contributed by atoms with van der Waals surface area (Å²) in [7, 11) is 0. The number of ether oxygens (including phenoxy) is 1. The lowest BCUT2D eigenvalue weighted by atomic mass is 10.3. The highest BCUT2D eigenvalue weighted by Crippen LogP contribution is 2.16. The van der Waals surface area contributed by atoms with E-state index < -0.39 is 6.67 Å². The SMILES string of the molecule is CCNCc1nc(C)ccc1OCCF. The topological polar surface area (TPSA) is 34.2 Å². The molecule has 0 spiro atoms. The van der Waals surface area contributed by atoms with Gasteiger partial charge in [0.2, 0.25) is 0 Å². The number of hydrogen-bond acceptors (Lipinski definition) is 3. The maximum Gasteiger partial charge on any atom is 0.142 e. The maximum atomic E-state index is 12.0. The largest absolute Gasteiger partial charge is 0.489 e. The summed E-state index contributed by atoms with van der Waals surface area (Å²) in [6.07, 6.45) is 0. The van der Waals surface area contributed by atoms with Crippen LogP contribution in [0.4, 0.5) is 4.39 Å². The minimum absolute atomic E-state index is 0.0872. The van der Waals surface area contributed by atoms with Gasteiger partial charge in [0.1, 0.15) is 19.0 Å². The third-order valence-corrected chi connectivity index (χ3v) is 1.95. The molecule has 0 aliphatic rings. The van der Waals surface area contributed by atoms with Crippen LogP contribution in [-0.2, 0) is 6.54 Å². The van der Waals surface area contributed by atoms with Crippen LogP contribution in [-0.4, -0.2) is 24.8 Å². The highest BCUT2D eigenvalue weighted by atomic mass is 19.1. The van der Waals surface area contributed by atoms with Gasteiger partial charge in [-0.05, 0) is 25.6 Å². The molecule has 1 rings (SSSR count). The number of nitrogens with one attached hydrogen (secondary N) is 1. The molecule has 0 saturated heterocycles. The molecule has 1 aromatic heterocycles. The fourth-order valence-corrected chi connectivity index (χ4v) is 1.25. The van der Waals surface area contributed by atoms with E-state index in [0.29, 0.717) is 12.3 Å². The van der Waals surface area contributed by atoms with Gasteiger partial charge >= 0.3 is 0 Å². The number of pyridine rings is 1. The van der Waals surface area contributed by atoms with Gasteiger partial charge in [0.15, 0.2) is 0 Å². The smallest absolute Gasteiger partial charge is 0.142 e. The third-order valence-electron chi connectivity index (χ3n) is 1.95. The average Bonchev–Trinajstić information content (AvgIpc) is 2.25. The average molecular weight is 212 g/mol. The summed E-state index contributed by atoms with van der Waals surface area (Å²) in [5.41, 5.74) is 1.78. The summed E-state index contributed by atoms with van der Waals surface area (Å²) in [4.78, 5) is 4.35. The Labute approximate surface area is 89.7 Å². The fourth-order valence-electron chi connectivity index (χ4n) is 1.25. The van der Waals surface area contributed by atoms with Gasteiger partial charge in [0.05, 0.1) is 5.69 Å². The molecule has 0 atom stereocenters. The van der Waals surface area contributed by atoms with Crippen LogP contribution in [0, 0.1) is 6.92 Å². The Bertz CT molecular complexity index is 305. The van der Waals surface area contributed by atoms with Crippen molar-refractivity contribution in [1.82, 2.24) is 10.3 Å². The van der Waals surface area contributed by atoms with E-state index in [1.807, 2.05) is 26.0 Å². The van der Waals surface area contributed by atoms with Crippen molar-refractivity contribution in [3.05, 3.63) is 23.5 Å². The van der Waals surface area contributed by atoms with Crippen molar-refractivity contribution in [3.63, 3.8) is 0 Å². The van der Waals surface area contributed by atoms with Crippen molar-refractivity contribution in [3.8, 4) is 5.75 Å². The first-order chi connectivity index (χ1) is 7.27. The second-order valence-electron chi connectivity index (χ2n) is 3.22. The van der Waals surface area contributed by atoms with Crippen molar-refractivity contribution in [2.75, 3.05) is 19.8 Å². The van der Waals surface area contributed by atoms with E-state index in [0.717, 1.165) is 17.9 Å². The Morgan fingerprint density at radius 1 is 1.47 bits per heavy atom. The highest BCUT2D eigenvalue weighted by Gasteiger charge is 2.04. The Balaban J connectivity index is 2.73. The zero-order chi connectivity index (χ0) is 11.1. The standard InChI is InChI=1S/C11H17FN2O/c1-3-13-8-10-11(15-7-6-12)5-4-9(2)14-10/h4-5,13H,3,6-8H2,1-2H3. The molecule has 0 amide bonds. The Morgan fingerprint density at radius 3 is 2.93 bits per heavy atom. The van der Waals surface area contributed by atoms with Gasteiger partial charge in [0, 0.05) is 12.2 Å². The molecule has 0 aromatic carbocycles. The lowest BCUT2D eigenvalue weighted by Gasteiger charge is -2.10. The van der Waals surface area contributed by atoms with Gasteiger partial charge < -0.3 is 10.1 Å². The zero-order valence-corrected chi connectivity index (χ0v) is 9.22. The molecule has 0 aliphatic heterocycles. The molecule has 84 valence electrons. The maximum absolute atomic E-state index is 12.0. The molecule has 0 saturated carbocycles. The number of aryl methyl sites for hydroxylation is 1. The third kappa shape index (κ3) is 3.83. The van der Waals surface area contributed by atoms with Crippen LogP contribution in [0.15, 0.2) is 12.1 Å². The van der Waals surface area contributed by atoms with Crippen LogP contribution in [0.2, 0.25) is 0 Å². The Morgan fingerprint density at radius 2 is 2.27 bits per heavy atom. The van der Waals surface area contributed by atoms with E-state index in [1.165, 1.54) is 0 Å². The van der Waals surface area contributed by atoms with Crippen LogP contribution < -0.4 is 10.1 Å². The van der Waals surface area contributed by atoms with Gasteiger partial charge in [0.25, 0.3) is 0 Å². The number of nitrogens with zero attached hydrogens (tertiary/aromatic N) is 1. The van der Waals surface area contributed by atoms with Crippen LogP contribution in [0.1, 0.15) is 18.3 Å². The van der Waals surface area contributed by atoms with Crippen molar-refractivity contribution in [2.24, 2.45) is 0 Å². The quantitative estimate of drug-likeness (QED) is 0.781. The molecule has 0 aliphatic carbocycles. The van der Waals surface area contributed by atoms with Crippen molar-refractivity contribution >= 4 is 0 Å². The monoisotopic (exact) mass is 212 g/mol. The van der Waals surface area contributed by atoms with Crippen molar-refractivity contribution < 1.29 is 9.13 Å². The van der Waals surface area contributed by atoms with E-state index in [4.69, 9.17) is 4.74 Å². The predicted molar refractivity (Wildman–Crippen MR) is 57.8 cm³/mol. The molecular formula is C11H17FN2O. The Kier molecular flexibility index (Phi) is 5.04. The molecule has 0 bridgehead atoms. The van der Waals surface area contributed by atoms with Gasteiger partial charge in [-0.3, -0.25) is 4.98 Å². The van der Waals surface area contributed by atoms with E-state index in [1.54, 1.807) is 0 Å². The first kappa shape index (κ1) is 11.9. The van der Waals surface area contributed by atoms with Crippen molar-refractivity contribution in [1.29, 1.82) is 0 Å². The molecule has 0 unspecified atom stereocenters. The molecular weight excluding hydrogens is 195 g/mol. The lowest BCUT2D eigenvalue weighted by molar-refractivity contribution is 0.269. The number of hydrogen-bond donors (Lipinski definition) is 1. The molecule has 3 nitrogen and oxygen atoms in total. The van der Waals surface area contributed by atoms with Gasteiger partial charge in [-0.15, -0.1) is 0 Å². The van der Waals surface area contributed by atoms with Gasteiger partial charge in [-0.1, -0.05) is 6.92 Å². The number of rotatable bonds is 6. The molecule has 4 heteroatoms. The van der Waals surface area contributed by atoms with Crippen LogP contribution >= 0.6 is 0 Å². The van der Waals surface area contributed by atoms with E-state index >= 15 is 0 Å². The normalized spacial score (nSPS) is 10.3. The van der Waals surface area contributed by atoms with E-state index in [-0.39, 0.29) is 6.61 Å². The first-order valence-electron chi connectivity index (χ1n) is 5.14. The summed E-state index contributed by atoms with van der Waals surface area (Å²) in [6.45, 7) is 5.09. The summed E-state index contributed by atoms with van der Waals surface area (Å²) in [5, 5.41) is 3.17. The van der Waals surface area contributed by atoms with Gasteiger partial charge in [-0.25, -0.2) is 4.39 Å². The zero-order valence-electron chi connectivity index (χ0n) is 9.22. The van der Waals surface area contributed by atoms with Crippen LogP contribution in [0.3, 0.4) is 0 Å². The summed E-state index contributed by atoms with van der Waals surface area (Å²) in [6, 6.07) is 3.70. The van der Waals surface area contributed by atoms with Crippen molar-refractivity contribution in [2.45, 2.75) is 20.4 Å². The molecule has 15 heavy (non-hydrogen) atoms. The number of alkyl halides is 1. The second-order valence-corrected chi connectivity index (χ2v) is 3.22. The minimum atomic E-state index is -0.478.